The average Bonchev–Trinajstić information content (AvgIpc) is 3.24. The van der Waals surface area contributed by atoms with Gasteiger partial charge in [-0.05, 0) is 68.4 Å². The van der Waals surface area contributed by atoms with Gasteiger partial charge in [0.25, 0.3) is 0 Å². The molecule has 1 unspecified atom stereocenters. The molecule has 1 aromatic carbocycles. The van der Waals surface area contributed by atoms with Gasteiger partial charge in [-0.3, -0.25) is 0 Å². The van der Waals surface area contributed by atoms with Crippen LogP contribution in [-0.4, -0.2) is 59.0 Å². The Labute approximate surface area is 145 Å². The van der Waals surface area contributed by atoms with Gasteiger partial charge in [0.15, 0.2) is 11.5 Å². The number of likely N-dealkylation sites (tertiary alicyclic amines) is 1. The van der Waals surface area contributed by atoms with Crippen molar-refractivity contribution >= 4 is 0 Å². The number of hydrogen-bond donors (Lipinski definition) is 1. The van der Waals surface area contributed by atoms with Crippen LogP contribution in [0.1, 0.15) is 24.8 Å². The Kier molecular flexibility index (Phi) is 5.51. The lowest BCUT2D eigenvalue weighted by molar-refractivity contribution is 0.272. The monoisotopic (exact) mass is 334 g/mol. The van der Waals surface area contributed by atoms with E-state index in [4.69, 9.17) is 14.2 Å². The van der Waals surface area contributed by atoms with Crippen molar-refractivity contribution in [2.24, 2.45) is 5.41 Å². The van der Waals surface area contributed by atoms with E-state index in [0.29, 0.717) is 11.2 Å². The van der Waals surface area contributed by atoms with Gasteiger partial charge in [-0.25, -0.2) is 0 Å². The minimum atomic E-state index is 0.562. The first kappa shape index (κ1) is 17.4. The average molecular weight is 334 g/mol. The van der Waals surface area contributed by atoms with Crippen molar-refractivity contribution in [2.45, 2.75) is 25.7 Å². The lowest BCUT2D eigenvalue weighted by atomic mass is 9.87. The Morgan fingerprint density at radius 2 is 1.83 bits per heavy atom. The van der Waals surface area contributed by atoms with E-state index in [-0.39, 0.29) is 0 Å². The quantitative estimate of drug-likeness (QED) is 0.829. The zero-order valence-corrected chi connectivity index (χ0v) is 15.2. The van der Waals surface area contributed by atoms with Crippen LogP contribution in [0.3, 0.4) is 0 Å². The van der Waals surface area contributed by atoms with Crippen LogP contribution in [0.15, 0.2) is 12.1 Å². The fourth-order valence-corrected chi connectivity index (χ4v) is 4.15. The van der Waals surface area contributed by atoms with Gasteiger partial charge >= 0.3 is 0 Å². The van der Waals surface area contributed by atoms with E-state index in [1.165, 1.54) is 51.1 Å². The Morgan fingerprint density at radius 3 is 2.42 bits per heavy atom. The van der Waals surface area contributed by atoms with Gasteiger partial charge < -0.3 is 24.4 Å². The van der Waals surface area contributed by atoms with E-state index < -0.39 is 0 Å². The number of nitrogens with zero attached hydrogens (tertiary/aromatic N) is 1. The Morgan fingerprint density at radius 1 is 1.08 bits per heavy atom. The summed E-state index contributed by atoms with van der Waals surface area (Å²) >= 11 is 0. The fourth-order valence-electron chi connectivity index (χ4n) is 4.15. The van der Waals surface area contributed by atoms with Gasteiger partial charge in [-0.15, -0.1) is 0 Å². The maximum absolute atomic E-state index is 5.44. The summed E-state index contributed by atoms with van der Waals surface area (Å²) in [5.74, 6) is 2.15. The van der Waals surface area contributed by atoms with Crippen molar-refractivity contribution in [2.75, 3.05) is 54.1 Å². The summed E-state index contributed by atoms with van der Waals surface area (Å²) in [4.78, 5) is 2.63. The molecule has 1 spiro atoms. The standard InChI is InChI=1S/C19H30N2O3/c1-22-16-11-15(12-17(23-2)18(16)24-3)5-4-9-21-10-7-19(14-21)6-8-20-13-19/h11-12,20H,4-10,13-14H2,1-3H3. The minimum Gasteiger partial charge on any atom is -0.493 e. The van der Waals surface area contributed by atoms with E-state index in [9.17, 15) is 0 Å². The third kappa shape index (κ3) is 3.62. The summed E-state index contributed by atoms with van der Waals surface area (Å²) in [6.45, 7) is 6.07. The van der Waals surface area contributed by atoms with Gasteiger partial charge in [0.1, 0.15) is 0 Å². The maximum Gasteiger partial charge on any atom is 0.203 e. The van der Waals surface area contributed by atoms with Crippen LogP contribution in [-0.2, 0) is 6.42 Å². The molecule has 134 valence electrons. The number of ether oxygens (including phenoxy) is 3. The van der Waals surface area contributed by atoms with Gasteiger partial charge in [0, 0.05) is 13.1 Å². The highest BCUT2D eigenvalue weighted by Crippen LogP contribution is 2.39. The number of benzene rings is 1. The highest BCUT2D eigenvalue weighted by atomic mass is 16.5. The second-order valence-corrected chi connectivity index (χ2v) is 7.09. The highest BCUT2D eigenvalue weighted by molar-refractivity contribution is 5.53. The normalized spacial score (nSPS) is 23.8. The van der Waals surface area contributed by atoms with E-state index >= 15 is 0 Å². The second-order valence-electron chi connectivity index (χ2n) is 7.09. The third-order valence-electron chi connectivity index (χ3n) is 5.51. The van der Waals surface area contributed by atoms with Crippen molar-refractivity contribution < 1.29 is 14.2 Å². The molecule has 2 fully saturated rings. The summed E-state index contributed by atoms with van der Waals surface area (Å²) in [5, 5.41) is 3.53. The maximum atomic E-state index is 5.44. The van der Waals surface area contributed by atoms with Gasteiger partial charge in [-0.2, -0.15) is 0 Å². The smallest absolute Gasteiger partial charge is 0.203 e. The van der Waals surface area contributed by atoms with Gasteiger partial charge in [-0.1, -0.05) is 0 Å². The predicted molar refractivity (Wildman–Crippen MR) is 95.4 cm³/mol. The molecule has 2 aliphatic rings. The summed E-state index contributed by atoms with van der Waals surface area (Å²) in [7, 11) is 4.97. The van der Waals surface area contributed by atoms with Crippen LogP contribution >= 0.6 is 0 Å². The molecule has 2 aliphatic heterocycles. The van der Waals surface area contributed by atoms with Crippen LogP contribution in [0.2, 0.25) is 0 Å². The lowest BCUT2D eigenvalue weighted by Gasteiger charge is -2.22. The molecule has 0 bridgehead atoms. The summed E-state index contributed by atoms with van der Waals surface area (Å²) in [5.41, 5.74) is 1.80. The molecule has 24 heavy (non-hydrogen) atoms. The summed E-state index contributed by atoms with van der Waals surface area (Å²) in [6, 6.07) is 4.13. The molecule has 5 heteroatoms. The van der Waals surface area contributed by atoms with E-state index in [1.807, 2.05) is 0 Å². The molecule has 0 aromatic heterocycles. The number of hydrogen-bond acceptors (Lipinski definition) is 5. The molecule has 0 aliphatic carbocycles. The molecule has 2 heterocycles. The van der Waals surface area contributed by atoms with Crippen LogP contribution < -0.4 is 19.5 Å². The Bertz CT molecular complexity index is 531. The van der Waals surface area contributed by atoms with E-state index in [2.05, 4.69) is 22.3 Å². The number of methoxy groups -OCH3 is 3. The van der Waals surface area contributed by atoms with Crippen LogP contribution in [0.4, 0.5) is 0 Å². The van der Waals surface area contributed by atoms with E-state index in [1.54, 1.807) is 21.3 Å². The van der Waals surface area contributed by atoms with Crippen LogP contribution in [0.5, 0.6) is 17.2 Å². The molecular formula is C19H30N2O3. The van der Waals surface area contributed by atoms with Crippen molar-refractivity contribution in [3.8, 4) is 17.2 Å². The van der Waals surface area contributed by atoms with Crippen molar-refractivity contribution in [1.82, 2.24) is 10.2 Å². The van der Waals surface area contributed by atoms with Gasteiger partial charge in [0.2, 0.25) is 5.75 Å². The predicted octanol–water partition coefficient (Wildman–Crippen LogP) is 2.33. The minimum absolute atomic E-state index is 0.562. The zero-order valence-electron chi connectivity index (χ0n) is 15.2. The molecule has 5 nitrogen and oxygen atoms in total. The van der Waals surface area contributed by atoms with Gasteiger partial charge in [0.05, 0.1) is 21.3 Å². The Balaban J connectivity index is 1.55. The number of nitrogens with one attached hydrogen (secondary N) is 1. The van der Waals surface area contributed by atoms with Crippen molar-refractivity contribution in [1.29, 1.82) is 0 Å². The third-order valence-corrected chi connectivity index (χ3v) is 5.51. The number of rotatable bonds is 7. The summed E-state index contributed by atoms with van der Waals surface area (Å²) in [6.07, 6.45) is 4.88. The van der Waals surface area contributed by atoms with Crippen molar-refractivity contribution in [3.05, 3.63) is 17.7 Å². The molecule has 3 rings (SSSR count). The molecule has 0 amide bonds. The fraction of sp³-hybridized carbons (Fsp3) is 0.684. The Hall–Kier alpha value is -1.46. The lowest BCUT2D eigenvalue weighted by Crippen LogP contribution is -2.29. The molecular weight excluding hydrogens is 304 g/mol. The number of aryl methyl sites for hydroxylation is 1. The van der Waals surface area contributed by atoms with Crippen LogP contribution in [0, 0.1) is 5.41 Å². The summed E-state index contributed by atoms with van der Waals surface area (Å²) < 4.78 is 16.3. The van der Waals surface area contributed by atoms with Crippen LogP contribution in [0.25, 0.3) is 0 Å². The first-order valence-corrected chi connectivity index (χ1v) is 8.92. The molecule has 0 radical (unpaired) electrons. The first-order valence-electron chi connectivity index (χ1n) is 8.92. The first-order chi connectivity index (χ1) is 11.7. The molecule has 1 atom stereocenters. The largest absolute Gasteiger partial charge is 0.493 e. The molecule has 1 aromatic rings. The van der Waals surface area contributed by atoms with E-state index in [0.717, 1.165) is 24.3 Å². The topological polar surface area (TPSA) is 43.0 Å². The molecule has 1 N–H and O–H groups in total. The molecule has 0 saturated carbocycles. The van der Waals surface area contributed by atoms with Crippen molar-refractivity contribution in [3.63, 3.8) is 0 Å². The zero-order chi connectivity index (χ0) is 17.0. The SMILES string of the molecule is COc1cc(CCCN2CCC3(CCNC3)C2)cc(OC)c1OC. The second kappa shape index (κ2) is 7.62. The highest BCUT2D eigenvalue weighted by Gasteiger charge is 2.39. The molecule has 2 saturated heterocycles.